The first-order valence-electron chi connectivity index (χ1n) is 41.7. The van der Waals surface area contributed by atoms with E-state index in [1.807, 2.05) is 66.9 Å². The van der Waals surface area contributed by atoms with E-state index in [1.54, 1.807) is 258 Å². The second-order valence-electron chi connectivity index (χ2n) is 28.9. The second-order valence-corrected chi connectivity index (χ2v) is 36.5. The van der Waals surface area contributed by atoms with Crippen molar-refractivity contribution < 1.29 is 72.2 Å². The van der Waals surface area contributed by atoms with Crippen LogP contribution in [0.25, 0.3) is 44.5 Å². The number of thioether (sulfide) groups is 1. The summed E-state index contributed by atoms with van der Waals surface area (Å²) in [5.74, 6) is -2.51. The highest BCUT2D eigenvalue weighted by Gasteiger charge is 2.30. The van der Waals surface area contributed by atoms with Gasteiger partial charge in [0.1, 0.15) is 0 Å². The number of anilines is 1. The number of nitrogens with one attached hydrogen (secondary N) is 7. The summed E-state index contributed by atoms with van der Waals surface area (Å²) >= 11 is 1.30. The summed E-state index contributed by atoms with van der Waals surface area (Å²) < 4.78 is 131. The number of rotatable bonds is 34. The molecule has 37 heteroatoms. The minimum atomic E-state index is -4.03. The number of benzene rings is 12. The molecule has 4 unspecified atom stereocenters. The van der Waals surface area contributed by atoms with Crippen molar-refractivity contribution in [2.75, 3.05) is 31.8 Å². The molecule has 0 aliphatic carbocycles. The van der Waals surface area contributed by atoms with Crippen molar-refractivity contribution in [1.82, 2.24) is 34.8 Å². The number of carboxylic acid groups (broad SMARTS) is 1. The van der Waals surface area contributed by atoms with E-state index in [-0.39, 0.29) is 70.6 Å². The molecule has 32 nitrogen and oxygen atoms in total. The lowest BCUT2D eigenvalue weighted by Gasteiger charge is -2.19. The number of nitriles is 3. The van der Waals surface area contributed by atoms with Crippen LogP contribution < -0.4 is 40.6 Å². The van der Waals surface area contributed by atoms with E-state index in [0.717, 1.165) is 16.7 Å². The smallest absolute Gasteiger partial charge is 0.307 e. The van der Waals surface area contributed by atoms with Crippen molar-refractivity contribution in [2.45, 2.75) is 90.2 Å². The summed E-state index contributed by atoms with van der Waals surface area (Å²) in [6, 6.07) is 86.3. The number of carbonyl (C=O) groups excluding carboxylic acids is 3. The SMILES string of the molecule is C=NC(=Nc1cccc(-c2cccc(S(=O)(=O)NC(CC(=O)O)c3ccccc3)c2)c1)NC#N.C=NC(=Nc1cccc(-c2cccc(S(=O)(=O)NC(CC(=O)OCC)c3ccccc3)c2)c1)NC#N.CCOC(=O)CC(NS(=O)(=O)c1cccc(-c2cccc(N)c2)c1)c1ccccc1.CCOC(=O)CC(NS(=O)(=O)c1cccc(-c2cccc(N=C(NC#N)SC)c2)c1)c1ccccc1. The first-order chi connectivity index (χ1) is 65.4. The van der Waals surface area contributed by atoms with Gasteiger partial charge in [0.25, 0.3) is 0 Å². The zero-order valence-electron chi connectivity index (χ0n) is 74.0. The maximum absolute atomic E-state index is 13.3. The molecular weight excluding hydrogens is 1830 g/mol. The summed E-state index contributed by atoms with van der Waals surface area (Å²) in [5.41, 5.74) is 16.2. The standard InChI is InChI=1S/C26H25N5O4S.C26H26N4O4S2.C24H21N5O4S.C23H24N2O4S/c1-3-35-25(32)17-24(19-9-5-4-6-10-19)31-36(33,34)23-14-8-12-21(16-23)20-11-7-13-22(15-20)30-26(28-2)29-18-27;1-3-34-25(31)17-24(19-9-5-4-6-10-19)30-36(32,33)23-14-8-12-21(16-23)20-11-7-13-22(15-20)29-26(35-2)28-18-27;1-26-24(27-16-25)28-20-11-5-9-18(13-20)19-10-6-12-21(14-19)34(32,33)29-22(15-23(30)31)17-7-3-2-4-8-17;1-2-29-23(26)16-22(17-8-4-3-5-9-17)25-30(27,28)21-13-7-11-19(15-21)18-10-6-12-20(24)14-18/h4-16,24,31H,2-3,17H2,1H3,(H,29,30);4-16,24,30H,3,17H2,1-2H3,(H,28,29);2-14,22,29H,1,15H2,(H,27,28)(H,30,31);3-15,22,25H,2,16,24H2,1H3. The number of nitrogens with zero attached hydrogens (tertiary/aromatic N) is 8. The molecule has 10 N–H and O–H groups in total. The van der Waals surface area contributed by atoms with Crippen LogP contribution in [0.3, 0.4) is 0 Å². The van der Waals surface area contributed by atoms with Crippen LogP contribution in [0.1, 0.15) is 92.9 Å². The van der Waals surface area contributed by atoms with Gasteiger partial charge in [-0.25, -0.2) is 77.5 Å². The Morgan fingerprint density at radius 3 is 0.853 bits per heavy atom. The Morgan fingerprint density at radius 1 is 0.353 bits per heavy atom. The predicted molar refractivity (Wildman–Crippen MR) is 526 cm³/mol. The zero-order valence-corrected chi connectivity index (χ0v) is 78.0. The van der Waals surface area contributed by atoms with Crippen LogP contribution in [0, 0.1) is 34.4 Å². The van der Waals surface area contributed by atoms with Crippen molar-refractivity contribution in [3.63, 3.8) is 0 Å². The van der Waals surface area contributed by atoms with Crippen molar-refractivity contribution in [3.05, 3.63) is 338 Å². The summed E-state index contributed by atoms with van der Waals surface area (Å²) in [6.45, 7) is 12.5. The molecule has 12 aromatic carbocycles. The molecule has 0 saturated carbocycles. The third kappa shape index (κ3) is 32.5. The molecule has 0 aliphatic rings. The highest BCUT2D eigenvalue weighted by atomic mass is 32.2. The fraction of sp³-hybridized carbons (Fsp3) is 0.152. The number of sulfonamides is 4. The Hall–Kier alpha value is -15.5. The summed E-state index contributed by atoms with van der Waals surface area (Å²) in [7, 11) is -15.9. The maximum atomic E-state index is 13.3. The lowest BCUT2D eigenvalue weighted by molar-refractivity contribution is -0.144. The van der Waals surface area contributed by atoms with Gasteiger partial charge < -0.3 is 25.1 Å². The van der Waals surface area contributed by atoms with Gasteiger partial charge in [-0.1, -0.05) is 230 Å². The van der Waals surface area contributed by atoms with Gasteiger partial charge in [0.15, 0.2) is 23.7 Å². The van der Waals surface area contributed by atoms with E-state index in [4.69, 9.17) is 35.7 Å². The number of amidine groups is 1. The average molecular weight is 1930 g/mol. The molecule has 136 heavy (non-hydrogen) atoms. The van der Waals surface area contributed by atoms with Gasteiger partial charge in [-0.3, -0.25) is 35.1 Å². The van der Waals surface area contributed by atoms with Gasteiger partial charge in [-0.2, -0.15) is 15.8 Å². The molecule has 0 aromatic heterocycles. The predicted octanol–water partition coefficient (Wildman–Crippen LogP) is 16.3. The molecule has 698 valence electrons. The average Bonchev–Trinajstić information content (AvgIpc) is 0.813. The van der Waals surface area contributed by atoms with Gasteiger partial charge in [-0.05, 0) is 204 Å². The van der Waals surface area contributed by atoms with Crippen LogP contribution in [-0.2, 0) is 73.5 Å². The molecule has 0 heterocycles. The van der Waals surface area contributed by atoms with E-state index in [9.17, 15) is 58.0 Å². The Bertz CT molecular complexity index is 6890. The van der Waals surface area contributed by atoms with Crippen LogP contribution in [0.5, 0.6) is 0 Å². The first kappa shape index (κ1) is 104. The van der Waals surface area contributed by atoms with Crippen LogP contribution in [0.4, 0.5) is 22.7 Å². The summed E-state index contributed by atoms with van der Waals surface area (Å²) in [5, 5.41) is 43.2. The van der Waals surface area contributed by atoms with Gasteiger partial charge >= 0.3 is 23.9 Å². The number of nitrogens with two attached hydrogens (primary N) is 1. The zero-order chi connectivity index (χ0) is 98.1. The van der Waals surface area contributed by atoms with E-state index in [1.165, 1.54) is 48.2 Å². The number of nitrogen functional groups attached to an aromatic ring is 1. The molecular formula is C99H96N16O16S5. The molecule has 12 rings (SSSR count). The topological polar surface area (TPSA) is 496 Å². The fourth-order valence-corrected chi connectivity index (χ4v) is 18.6. The number of hydrogen-bond acceptors (Lipinski definition) is 23. The van der Waals surface area contributed by atoms with Crippen molar-refractivity contribution >= 4 is 129 Å². The Labute approximate surface area is 794 Å². The third-order valence-corrected chi connectivity index (χ3v) is 25.9. The number of aliphatic carboxylic acids is 1. The largest absolute Gasteiger partial charge is 0.481 e. The van der Waals surface area contributed by atoms with Gasteiger partial charge in [0.2, 0.25) is 52.0 Å². The monoisotopic (exact) mass is 1920 g/mol. The van der Waals surface area contributed by atoms with Crippen LogP contribution in [0.15, 0.2) is 360 Å². The molecule has 0 spiro atoms. The maximum Gasteiger partial charge on any atom is 0.307 e. The van der Waals surface area contributed by atoms with Crippen molar-refractivity contribution in [1.29, 1.82) is 15.8 Å². The number of ether oxygens (including phenoxy) is 3. The molecule has 0 fully saturated rings. The second kappa shape index (κ2) is 52.1. The lowest BCUT2D eigenvalue weighted by atomic mass is 10.1. The Balaban J connectivity index is 0.000000204. The van der Waals surface area contributed by atoms with Gasteiger partial charge in [0, 0.05) is 5.69 Å². The van der Waals surface area contributed by atoms with E-state index >= 15 is 0 Å². The van der Waals surface area contributed by atoms with Gasteiger partial charge in [0.05, 0.1) is 106 Å². The van der Waals surface area contributed by atoms with E-state index in [0.29, 0.717) is 78.0 Å². The number of hydrogen-bond donors (Lipinski definition) is 9. The normalized spacial score (nSPS) is 12.3. The first-order valence-corrected chi connectivity index (χ1v) is 48.8. The quantitative estimate of drug-likeness (QED) is 0.00344. The number of carbonyl (C=O) groups is 4. The third-order valence-electron chi connectivity index (χ3n) is 19.4. The molecule has 12 aromatic rings. The number of carboxylic acids is 1. The lowest BCUT2D eigenvalue weighted by Crippen LogP contribution is -2.30. The molecule has 4 atom stereocenters. The molecule has 0 bridgehead atoms. The summed E-state index contributed by atoms with van der Waals surface area (Å²) in [6.07, 6.45) is 6.33. The van der Waals surface area contributed by atoms with Crippen molar-refractivity contribution in [2.24, 2.45) is 25.0 Å². The van der Waals surface area contributed by atoms with Crippen LogP contribution in [0.2, 0.25) is 0 Å². The number of esters is 3. The Kier molecular flexibility index (Phi) is 39.9. The number of guanidine groups is 2. The molecule has 0 aliphatic heterocycles. The highest BCUT2D eigenvalue weighted by molar-refractivity contribution is 8.13. The van der Waals surface area contributed by atoms with Crippen LogP contribution >= 0.6 is 11.8 Å². The fourth-order valence-electron chi connectivity index (χ4n) is 13.2. The van der Waals surface area contributed by atoms with Crippen molar-refractivity contribution in [3.8, 4) is 63.1 Å². The van der Waals surface area contributed by atoms with E-state index in [2.05, 4.69) is 73.2 Å². The van der Waals surface area contributed by atoms with E-state index < -0.39 is 94.6 Å². The summed E-state index contributed by atoms with van der Waals surface area (Å²) in [4.78, 5) is 68.0. The molecule has 0 amide bonds. The molecule has 0 saturated heterocycles. The highest BCUT2D eigenvalue weighted by Crippen LogP contribution is 2.34. The minimum Gasteiger partial charge on any atom is -0.481 e. The number of aliphatic imine (C=N–C) groups is 5. The molecule has 0 radical (unpaired) electrons. The minimum absolute atomic E-state index is 0.00943. The Morgan fingerprint density at radius 2 is 0.603 bits per heavy atom. The van der Waals surface area contributed by atoms with Gasteiger partial charge in [-0.15, -0.1) is 0 Å². The van der Waals surface area contributed by atoms with Crippen LogP contribution in [-0.4, -0.2) is 119 Å².